The number of aliphatic hydroxyl groups excluding tert-OH is 1. The second kappa shape index (κ2) is 11.8. The smallest absolute Gasteiger partial charge is 0.433 e. The molecule has 2 N–H and O–H groups in total. The molecule has 0 amide bonds. The first kappa shape index (κ1) is 26.6. The molecule has 0 spiro atoms. The topological polar surface area (TPSA) is 86.7 Å². The van der Waals surface area contributed by atoms with Crippen LogP contribution in [0.15, 0.2) is 18.2 Å². The number of aryl methyl sites for hydroxylation is 1. The first-order chi connectivity index (χ1) is 17.2. The van der Waals surface area contributed by atoms with Crippen LogP contribution >= 0.6 is 11.3 Å². The summed E-state index contributed by atoms with van der Waals surface area (Å²) in [6, 6.07) is 5.81. The van der Waals surface area contributed by atoms with Crippen LogP contribution in [0.5, 0.6) is 11.6 Å². The second-order valence-corrected chi connectivity index (χ2v) is 10.3. The molecule has 3 heterocycles. The number of ether oxygens (including phenoxy) is 2. The van der Waals surface area contributed by atoms with Crippen molar-refractivity contribution in [1.82, 2.24) is 25.0 Å². The molecular formula is C24H32F3N5O3S. The third-order valence-corrected chi connectivity index (χ3v) is 7.15. The Morgan fingerprint density at radius 3 is 2.58 bits per heavy atom. The van der Waals surface area contributed by atoms with E-state index >= 15 is 0 Å². The van der Waals surface area contributed by atoms with Gasteiger partial charge in [-0.05, 0) is 45.4 Å². The predicted octanol–water partition coefficient (Wildman–Crippen LogP) is 3.87. The molecule has 2 aromatic heterocycles. The molecule has 1 aliphatic heterocycles. The predicted molar refractivity (Wildman–Crippen MR) is 132 cm³/mol. The SMILES string of the molecule is Cc1nc2cc(OC[C@H](O)CN3CCN(CCCCOc4n[nH]c(C(F)(F)F)c4C)CC3)ccc2s1. The third-order valence-electron chi connectivity index (χ3n) is 6.20. The van der Waals surface area contributed by atoms with Crippen molar-refractivity contribution < 1.29 is 27.8 Å². The molecule has 0 aliphatic carbocycles. The Hall–Kier alpha value is -2.41. The lowest BCUT2D eigenvalue weighted by atomic mass is 10.2. The molecule has 0 radical (unpaired) electrons. The highest BCUT2D eigenvalue weighted by Gasteiger charge is 2.36. The number of β-amino-alcohol motifs (C(OH)–C–C–N with tert-alkyl or cyclic N) is 1. The minimum absolute atomic E-state index is 0.0113. The Labute approximate surface area is 212 Å². The van der Waals surface area contributed by atoms with Gasteiger partial charge in [-0.1, -0.05) is 0 Å². The highest BCUT2D eigenvalue weighted by atomic mass is 32.1. The maximum atomic E-state index is 12.8. The molecule has 0 unspecified atom stereocenters. The summed E-state index contributed by atoms with van der Waals surface area (Å²) < 4.78 is 50.8. The Balaban J connectivity index is 1.08. The minimum Gasteiger partial charge on any atom is -0.491 e. The molecule has 1 saturated heterocycles. The summed E-state index contributed by atoms with van der Waals surface area (Å²) in [5.74, 6) is 0.723. The molecule has 4 rings (SSSR count). The Kier molecular flexibility index (Phi) is 8.70. The number of nitrogens with one attached hydrogen (secondary N) is 1. The highest BCUT2D eigenvalue weighted by molar-refractivity contribution is 7.18. The van der Waals surface area contributed by atoms with E-state index in [-0.39, 0.29) is 18.1 Å². The Morgan fingerprint density at radius 1 is 1.11 bits per heavy atom. The van der Waals surface area contributed by atoms with Crippen LogP contribution in [0.25, 0.3) is 10.2 Å². The summed E-state index contributed by atoms with van der Waals surface area (Å²) in [6.07, 6.45) is -3.42. The van der Waals surface area contributed by atoms with Crippen LogP contribution in [0.1, 0.15) is 29.1 Å². The zero-order valence-corrected chi connectivity index (χ0v) is 21.3. The van der Waals surface area contributed by atoms with E-state index in [0.29, 0.717) is 18.9 Å². The molecule has 0 saturated carbocycles. The summed E-state index contributed by atoms with van der Waals surface area (Å²) >= 11 is 1.65. The van der Waals surface area contributed by atoms with Gasteiger partial charge in [-0.3, -0.25) is 10.00 Å². The van der Waals surface area contributed by atoms with E-state index in [0.717, 1.165) is 60.8 Å². The molecule has 1 atom stereocenters. The lowest BCUT2D eigenvalue weighted by Gasteiger charge is -2.35. The average Bonchev–Trinajstić information content (AvgIpc) is 3.39. The van der Waals surface area contributed by atoms with Gasteiger partial charge in [0.2, 0.25) is 5.88 Å². The van der Waals surface area contributed by atoms with E-state index in [4.69, 9.17) is 9.47 Å². The summed E-state index contributed by atoms with van der Waals surface area (Å²) in [4.78, 5) is 9.06. The number of halogens is 3. The van der Waals surface area contributed by atoms with Crippen molar-refractivity contribution in [3.63, 3.8) is 0 Å². The van der Waals surface area contributed by atoms with Gasteiger partial charge in [-0.15, -0.1) is 16.4 Å². The standard InChI is InChI=1S/C24H32F3N5O3S/c1-16-22(24(25,26)27)29-30-23(16)34-12-4-3-7-31-8-10-32(11-9-31)14-18(33)15-35-19-5-6-21-20(13-19)28-17(2)36-21/h5-6,13,18,33H,3-4,7-12,14-15H2,1-2H3,(H,29,30)/t18-/m1/s1. The number of benzene rings is 1. The number of H-pyrrole nitrogens is 1. The molecular weight excluding hydrogens is 495 g/mol. The van der Waals surface area contributed by atoms with Crippen molar-refractivity contribution in [2.75, 3.05) is 52.5 Å². The van der Waals surface area contributed by atoms with E-state index < -0.39 is 18.0 Å². The zero-order valence-electron chi connectivity index (χ0n) is 20.5. The number of hydrogen-bond donors (Lipinski definition) is 2. The molecule has 1 aliphatic rings. The van der Waals surface area contributed by atoms with Gasteiger partial charge in [0, 0.05) is 44.4 Å². The van der Waals surface area contributed by atoms with Gasteiger partial charge in [0.15, 0.2) is 0 Å². The maximum absolute atomic E-state index is 12.8. The second-order valence-electron chi connectivity index (χ2n) is 9.05. The first-order valence-corrected chi connectivity index (χ1v) is 12.9. The number of nitrogens with zero attached hydrogens (tertiary/aromatic N) is 4. The van der Waals surface area contributed by atoms with Crippen LogP contribution in [0.3, 0.4) is 0 Å². The largest absolute Gasteiger partial charge is 0.491 e. The molecule has 1 aromatic carbocycles. The van der Waals surface area contributed by atoms with Gasteiger partial charge in [0.1, 0.15) is 24.2 Å². The quantitative estimate of drug-likeness (QED) is 0.366. The number of fused-ring (bicyclic) bond motifs is 1. The molecule has 3 aromatic rings. The molecule has 12 heteroatoms. The van der Waals surface area contributed by atoms with E-state index in [1.807, 2.05) is 30.2 Å². The number of thiazole rings is 1. The van der Waals surface area contributed by atoms with Crippen molar-refractivity contribution in [3.8, 4) is 11.6 Å². The molecule has 0 bridgehead atoms. The fourth-order valence-electron chi connectivity index (χ4n) is 4.26. The van der Waals surface area contributed by atoms with E-state index in [1.165, 1.54) is 6.92 Å². The number of rotatable bonds is 11. The number of unbranched alkanes of at least 4 members (excludes halogenated alkanes) is 1. The number of alkyl halides is 3. The Bertz CT molecular complexity index is 1130. The number of aromatic amines is 1. The van der Waals surface area contributed by atoms with Crippen molar-refractivity contribution in [1.29, 1.82) is 0 Å². The van der Waals surface area contributed by atoms with E-state index in [2.05, 4.69) is 19.9 Å². The summed E-state index contributed by atoms with van der Waals surface area (Å²) in [6.45, 7) is 8.88. The van der Waals surface area contributed by atoms with Crippen LogP contribution in [0.2, 0.25) is 0 Å². The van der Waals surface area contributed by atoms with Gasteiger partial charge in [-0.25, -0.2) is 4.98 Å². The molecule has 8 nitrogen and oxygen atoms in total. The number of piperazine rings is 1. The average molecular weight is 528 g/mol. The summed E-state index contributed by atoms with van der Waals surface area (Å²) in [5.41, 5.74) is 0.0418. The summed E-state index contributed by atoms with van der Waals surface area (Å²) in [5, 5.41) is 17.1. The fourth-order valence-corrected chi connectivity index (χ4v) is 5.06. The molecule has 198 valence electrons. The fraction of sp³-hybridized carbons (Fsp3) is 0.583. The van der Waals surface area contributed by atoms with Gasteiger partial charge in [0.05, 0.1) is 21.8 Å². The van der Waals surface area contributed by atoms with E-state index in [1.54, 1.807) is 11.3 Å². The maximum Gasteiger partial charge on any atom is 0.433 e. The molecule has 1 fully saturated rings. The third kappa shape index (κ3) is 7.09. The number of aliphatic hydroxyl groups is 1. The van der Waals surface area contributed by atoms with Crippen LogP contribution in [-0.4, -0.2) is 88.7 Å². The zero-order chi connectivity index (χ0) is 25.7. The van der Waals surface area contributed by atoms with Crippen LogP contribution in [0, 0.1) is 13.8 Å². The van der Waals surface area contributed by atoms with E-state index in [9.17, 15) is 18.3 Å². The van der Waals surface area contributed by atoms with Crippen LogP contribution < -0.4 is 9.47 Å². The lowest BCUT2D eigenvalue weighted by molar-refractivity contribution is -0.141. The van der Waals surface area contributed by atoms with Gasteiger partial charge >= 0.3 is 6.18 Å². The summed E-state index contributed by atoms with van der Waals surface area (Å²) in [7, 11) is 0. The van der Waals surface area contributed by atoms with Crippen LogP contribution in [-0.2, 0) is 6.18 Å². The van der Waals surface area contributed by atoms with Crippen molar-refractivity contribution in [2.24, 2.45) is 0 Å². The van der Waals surface area contributed by atoms with Crippen molar-refractivity contribution >= 4 is 21.6 Å². The normalized spacial score (nSPS) is 16.5. The van der Waals surface area contributed by atoms with Crippen molar-refractivity contribution in [2.45, 2.75) is 39.0 Å². The number of aromatic nitrogens is 3. The van der Waals surface area contributed by atoms with Gasteiger partial charge < -0.3 is 19.5 Å². The Morgan fingerprint density at radius 2 is 1.86 bits per heavy atom. The van der Waals surface area contributed by atoms with Crippen molar-refractivity contribution in [3.05, 3.63) is 34.5 Å². The van der Waals surface area contributed by atoms with Gasteiger partial charge in [-0.2, -0.15) is 13.2 Å². The number of hydrogen-bond acceptors (Lipinski definition) is 8. The lowest BCUT2D eigenvalue weighted by Crippen LogP contribution is -2.49. The first-order valence-electron chi connectivity index (χ1n) is 12.1. The monoisotopic (exact) mass is 527 g/mol. The molecule has 36 heavy (non-hydrogen) atoms. The van der Waals surface area contributed by atoms with Gasteiger partial charge in [0.25, 0.3) is 0 Å². The van der Waals surface area contributed by atoms with Crippen LogP contribution in [0.4, 0.5) is 13.2 Å². The highest BCUT2D eigenvalue weighted by Crippen LogP contribution is 2.33. The minimum atomic E-state index is -4.46.